The van der Waals surface area contributed by atoms with Crippen LogP contribution in [0.15, 0.2) is 97.1 Å². The lowest BCUT2D eigenvalue weighted by molar-refractivity contribution is -0.113. The molecule has 0 radical (unpaired) electrons. The first-order chi connectivity index (χ1) is 17.0. The van der Waals surface area contributed by atoms with Gasteiger partial charge in [-0.05, 0) is 35.4 Å². The summed E-state index contributed by atoms with van der Waals surface area (Å²) in [7, 11) is 0. The number of fused-ring (bicyclic) bond motifs is 1. The summed E-state index contributed by atoms with van der Waals surface area (Å²) in [5.41, 5.74) is 5.14. The summed E-state index contributed by atoms with van der Waals surface area (Å²) >= 11 is 13.0. The highest BCUT2D eigenvalue weighted by atomic mass is 35.5. The van der Waals surface area contributed by atoms with Crippen molar-refractivity contribution in [1.29, 1.82) is 0 Å². The van der Waals surface area contributed by atoms with Crippen LogP contribution in [0.2, 0.25) is 10.0 Å². The van der Waals surface area contributed by atoms with Gasteiger partial charge < -0.3 is 10.0 Å². The molecule has 0 atom stereocenters. The minimum Gasteiger partial charge on any atom is -0.478 e. The van der Waals surface area contributed by atoms with E-state index in [0.29, 0.717) is 26.8 Å². The number of hydrogen-bond donors (Lipinski definition) is 1. The number of halogens is 2. The Morgan fingerprint density at radius 2 is 1.49 bits per heavy atom. The molecule has 4 nitrogen and oxygen atoms in total. The molecular weight excluding hydrogens is 481 g/mol. The molecular formula is C29H19Cl2NO3. The molecule has 4 aromatic carbocycles. The van der Waals surface area contributed by atoms with Crippen LogP contribution >= 0.6 is 23.2 Å². The van der Waals surface area contributed by atoms with Crippen molar-refractivity contribution in [3.05, 3.63) is 135 Å². The van der Waals surface area contributed by atoms with E-state index in [4.69, 9.17) is 23.2 Å². The van der Waals surface area contributed by atoms with Crippen LogP contribution < -0.4 is 4.90 Å². The highest BCUT2D eigenvalue weighted by Crippen LogP contribution is 2.45. The number of aromatic carboxylic acids is 1. The van der Waals surface area contributed by atoms with Crippen molar-refractivity contribution in [3.63, 3.8) is 0 Å². The van der Waals surface area contributed by atoms with Crippen LogP contribution in [-0.4, -0.2) is 17.0 Å². The third-order valence-corrected chi connectivity index (χ3v) is 6.79. The molecule has 1 N–H and O–H groups in total. The van der Waals surface area contributed by atoms with E-state index in [1.165, 1.54) is 6.07 Å². The van der Waals surface area contributed by atoms with Crippen LogP contribution in [-0.2, 0) is 11.3 Å². The fourth-order valence-electron chi connectivity index (χ4n) is 4.40. The number of carboxylic acid groups (broad SMARTS) is 1. The second kappa shape index (κ2) is 9.41. The van der Waals surface area contributed by atoms with Crippen molar-refractivity contribution in [3.8, 4) is 0 Å². The van der Waals surface area contributed by atoms with E-state index in [2.05, 4.69) is 0 Å². The number of para-hydroxylation sites is 1. The Labute approximate surface area is 212 Å². The summed E-state index contributed by atoms with van der Waals surface area (Å²) in [6.07, 6.45) is 0. The maximum Gasteiger partial charge on any atom is 0.335 e. The smallest absolute Gasteiger partial charge is 0.335 e. The summed E-state index contributed by atoms with van der Waals surface area (Å²) in [5.74, 6) is -1.20. The van der Waals surface area contributed by atoms with E-state index in [9.17, 15) is 14.7 Å². The number of carbonyl (C=O) groups is 2. The van der Waals surface area contributed by atoms with Crippen LogP contribution in [0, 0.1) is 0 Å². The first-order valence-electron chi connectivity index (χ1n) is 10.9. The summed E-state index contributed by atoms with van der Waals surface area (Å²) < 4.78 is 0. The van der Waals surface area contributed by atoms with Crippen molar-refractivity contribution in [2.45, 2.75) is 6.54 Å². The van der Waals surface area contributed by atoms with Crippen LogP contribution in [0.4, 0.5) is 5.69 Å². The Hall–Kier alpha value is -3.86. The second-order valence-electron chi connectivity index (χ2n) is 8.13. The lowest BCUT2D eigenvalue weighted by Crippen LogP contribution is -2.26. The van der Waals surface area contributed by atoms with Crippen LogP contribution in [0.25, 0.3) is 11.1 Å². The third-order valence-electron chi connectivity index (χ3n) is 5.97. The minimum atomic E-state index is -1.01. The standard InChI is InChI=1S/C29H19Cl2NO3/c30-23-14-7-13-22(27(23)31)25(19-9-2-1-3-10-19)26-21-12-4-5-15-24(21)32(28(26)33)17-18-8-6-11-20(16-18)29(34)35/h1-16H,17H2,(H,34,35). The van der Waals surface area contributed by atoms with Crippen LogP contribution in [0.3, 0.4) is 0 Å². The van der Waals surface area contributed by atoms with Gasteiger partial charge in [-0.25, -0.2) is 4.79 Å². The van der Waals surface area contributed by atoms with Gasteiger partial charge >= 0.3 is 5.97 Å². The zero-order chi connectivity index (χ0) is 24.5. The zero-order valence-corrected chi connectivity index (χ0v) is 19.9. The Morgan fingerprint density at radius 1 is 0.800 bits per heavy atom. The van der Waals surface area contributed by atoms with E-state index >= 15 is 0 Å². The van der Waals surface area contributed by atoms with Gasteiger partial charge in [0.05, 0.1) is 33.4 Å². The first kappa shape index (κ1) is 22.9. The number of benzene rings is 4. The van der Waals surface area contributed by atoms with Crippen molar-refractivity contribution in [2.75, 3.05) is 4.90 Å². The van der Waals surface area contributed by atoms with Crippen molar-refractivity contribution in [1.82, 2.24) is 0 Å². The summed E-state index contributed by atoms with van der Waals surface area (Å²) in [4.78, 5) is 27.2. The normalized spacial score (nSPS) is 14.1. The number of amides is 1. The molecule has 0 spiro atoms. The molecule has 0 aromatic heterocycles. The summed E-state index contributed by atoms with van der Waals surface area (Å²) in [6.45, 7) is 0.228. The Kier molecular flexibility index (Phi) is 6.16. The molecule has 172 valence electrons. The van der Waals surface area contributed by atoms with Gasteiger partial charge in [-0.1, -0.05) is 96.0 Å². The van der Waals surface area contributed by atoms with E-state index in [1.807, 2.05) is 72.8 Å². The topological polar surface area (TPSA) is 57.6 Å². The van der Waals surface area contributed by atoms with Gasteiger partial charge in [-0.3, -0.25) is 4.79 Å². The lowest BCUT2D eigenvalue weighted by Gasteiger charge is -2.18. The maximum atomic E-state index is 14.0. The Bertz CT molecular complexity index is 1500. The highest BCUT2D eigenvalue weighted by Gasteiger charge is 2.35. The average molecular weight is 500 g/mol. The van der Waals surface area contributed by atoms with Crippen molar-refractivity contribution < 1.29 is 14.7 Å². The van der Waals surface area contributed by atoms with Gasteiger partial charge in [-0.15, -0.1) is 0 Å². The van der Waals surface area contributed by atoms with Gasteiger partial charge in [0.1, 0.15) is 0 Å². The molecule has 1 heterocycles. The molecule has 1 aliphatic heterocycles. The van der Waals surface area contributed by atoms with Gasteiger partial charge in [-0.2, -0.15) is 0 Å². The monoisotopic (exact) mass is 499 g/mol. The zero-order valence-electron chi connectivity index (χ0n) is 18.4. The lowest BCUT2D eigenvalue weighted by atomic mass is 9.90. The molecule has 6 heteroatoms. The molecule has 35 heavy (non-hydrogen) atoms. The molecule has 1 aliphatic rings. The SMILES string of the molecule is O=C(O)c1cccc(CN2C(=O)C(=C(c3ccccc3)c3cccc(Cl)c3Cl)c3ccccc32)c1. The first-order valence-corrected chi connectivity index (χ1v) is 11.7. The van der Waals surface area contributed by atoms with Crippen molar-refractivity contribution >= 4 is 51.9 Å². The van der Waals surface area contributed by atoms with Gasteiger partial charge in [0.15, 0.2) is 0 Å². The fraction of sp³-hybridized carbons (Fsp3) is 0.0345. The van der Waals surface area contributed by atoms with Crippen molar-refractivity contribution in [2.24, 2.45) is 0 Å². The molecule has 0 bridgehead atoms. The van der Waals surface area contributed by atoms with Crippen LogP contribution in [0.5, 0.6) is 0 Å². The third kappa shape index (κ3) is 4.23. The second-order valence-corrected chi connectivity index (χ2v) is 8.92. The minimum absolute atomic E-state index is 0.175. The Morgan fingerprint density at radius 3 is 2.26 bits per heavy atom. The number of carboxylic acids is 1. The number of nitrogens with zero attached hydrogens (tertiary/aromatic N) is 1. The highest BCUT2D eigenvalue weighted by molar-refractivity contribution is 6.45. The molecule has 4 aromatic rings. The number of hydrogen-bond acceptors (Lipinski definition) is 2. The van der Waals surface area contributed by atoms with E-state index in [0.717, 1.165) is 22.4 Å². The molecule has 5 rings (SSSR count). The summed E-state index contributed by atoms with van der Waals surface area (Å²) in [5, 5.41) is 10.2. The predicted molar refractivity (Wildman–Crippen MR) is 140 cm³/mol. The van der Waals surface area contributed by atoms with Gasteiger partial charge in [0, 0.05) is 16.7 Å². The summed E-state index contributed by atoms with van der Waals surface area (Å²) in [6, 6.07) is 29.2. The Balaban J connectivity index is 1.73. The number of anilines is 1. The van der Waals surface area contributed by atoms with Crippen LogP contribution in [0.1, 0.15) is 32.6 Å². The average Bonchev–Trinajstić information content (AvgIpc) is 3.14. The van der Waals surface area contributed by atoms with Gasteiger partial charge in [0.2, 0.25) is 0 Å². The molecule has 0 aliphatic carbocycles. The molecule has 0 saturated carbocycles. The fourth-order valence-corrected chi connectivity index (χ4v) is 4.80. The maximum absolute atomic E-state index is 14.0. The largest absolute Gasteiger partial charge is 0.478 e. The number of carbonyl (C=O) groups excluding carboxylic acids is 1. The number of rotatable bonds is 5. The molecule has 1 amide bonds. The van der Waals surface area contributed by atoms with E-state index in [-0.39, 0.29) is 18.0 Å². The quantitative estimate of drug-likeness (QED) is 0.295. The predicted octanol–water partition coefficient (Wildman–Crippen LogP) is 7.20. The van der Waals surface area contributed by atoms with E-state index < -0.39 is 5.97 Å². The molecule has 0 unspecified atom stereocenters. The van der Waals surface area contributed by atoms with Gasteiger partial charge in [0.25, 0.3) is 5.91 Å². The molecule has 0 saturated heterocycles. The molecule has 0 fully saturated rings. The van der Waals surface area contributed by atoms with E-state index in [1.54, 1.807) is 23.1 Å².